The highest BCUT2D eigenvalue weighted by atomic mass is 32.2. The van der Waals surface area contributed by atoms with Gasteiger partial charge in [-0.15, -0.1) is 0 Å². The SMILES string of the molecule is CCN(CC)S(=O)(=O)c1ccc(O)c(NC(=O)c2cccc(C)c2)c1. The van der Waals surface area contributed by atoms with Crippen LogP contribution < -0.4 is 5.32 Å². The molecule has 0 fully saturated rings. The van der Waals surface area contributed by atoms with Crippen molar-refractivity contribution in [1.29, 1.82) is 0 Å². The Kier molecular flexibility index (Phi) is 5.81. The second-order valence-electron chi connectivity index (χ2n) is 5.59. The van der Waals surface area contributed by atoms with E-state index in [-0.39, 0.29) is 16.3 Å². The quantitative estimate of drug-likeness (QED) is 0.774. The van der Waals surface area contributed by atoms with E-state index in [0.29, 0.717) is 18.7 Å². The second-order valence-corrected chi connectivity index (χ2v) is 7.53. The van der Waals surface area contributed by atoms with Crippen molar-refractivity contribution >= 4 is 21.6 Å². The topological polar surface area (TPSA) is 86.7 Å². The first-order valence-corrected chi connectivity index (χ1v) is 9.44. The molecule has 134 valence electrons. The van der Waals surface area contributed by atoms with Crippen LogP contribution >= 0.6 is 0 Å². The summed E-state index contributed by atoms with van der Waals surface area (Å²) in [7, 11) is -3.68. The highest BCUT2D eigenvalue weighted by Crippen LogP contribution is 2.28. The molecule has 1 amide bonds. The third-order valence-corrected chi connectivity index (χ3v) is 5.89. The number of nitrogens with one attached hydrogen (secondary N) is 1. The molecule has 0 radical (unpaired) electrons. The van der Waals surface area contributed by atoms with Crippen LogP contribution in [0.1, 0.15) is 29.8 Å². The number of phenols is 1. The molecular weight excluding hydrogens is 340 g/mol. The van der Waals surface area contributed by atoms with Gasteiger partial charge in [-0.2, -0.15) is 4.31 Å². The average Bonchev–Trinajstić information content (AvgIpc) is 2.57. The molecule has 2 aromatic carbocycles. The van der Waals surface area contributed by atoms with Crippen LogP contribution in [0.25, 0.3) is 0 Å². The molecule has 0 aliphatic rings. The number of carbonyl (C=O) groups excluding carboxylic acids is 1. The van der Waals surface area contributed by atoms with E-state index >= 15 is 0 Å². The number of nitrogens with zero attached hydrogens (tertiary/aromatic N) is 1. The first-order valence-electron chi connectivity index (χ1n) is 8.00. The Morgan fingerprint density at radius 1 is 1.12 bits per heavy atom. The zero-order valence-electron chi connectivity index (χ0n) is 14.5. The van der Waals surface area contributed by atoms with Gasteiger partial charge in [-0.3, -0.25) is 4.79 Å². The maximum absolute atomic E-state index is 12.6. The summed E-state index contributed by atoms with van der Waals surface area (Å²) in [5, 5.41) is 12.6. The van der Waals surface area contributed by atoms with E-state index in [1.54, 1.807) is 32.0 Å². The summed E-state index contributed by atoms with van der Waals surface area (Å²) in [6.45, 7) is 6.05. The summed E-state index contributed by atoms with van der Waals surface area (Å²) in [5.74, 6) is -0.615. The molecule has 25 heavy (non-hydrogen) atoms. The summed E-state index contributed by atoms with van der Waals surface area (Å²) >= 11 is 0. The highest BCUT2D eigenvalue weighted by Gasteiger charge is 2.23. The van der Waals surface area contributed by atoms with Crippen LogP contribution in [-0.2, 0) is 10.0 Å². The molecule has 2 N–H and O–H groups in total. The average molecular weight is 362 g/mol. The number of benzene rings is 2. The number of anilines is 1. The van der Waals surface area contributed by atoms with E-state index in [9.17, 15) is 18.3 Å². The van der Waals surface area contributed by atoms with Crippen molar-refractivity contribution in [2.45, 2.75) is 25.7 Å². The third-order valence-electron chi connectivity index (χ3n) is 3.84. The Morgan fingerprint density at radius 2 is 1.80 bits per heavy atom. The van der Waals surface area contributed by atoms with E-state index in [1.165, 1.54) is 22.5 Å². The van der Waals surface area contributed by atoms with Crippen LogP contribution in [0, 0.1) is 6.92 Å². The van der Waals surface area contributed by atoms with Crippen molar-refractivity contribution in [3.8, 4) is 5.75 Å². The van der Waals surface area contributed by atoms with Crippen molar-refractivity contribution in [2.24, 2.45) is 0 Å². The molecule has 0 aromatic heterocycles. The second kappa shape index (κ2) is 7.67. The zero-order valence-corrected chi connectivity index (χ0v) is 15.3. The van der Waals surface area contributed by atoms with E-state index in [1.807, 2.05) is 13.0 Å². The summed E-state index contributed by atoms with van der Waals surface area (Å²) in [4.78, 5) is 12.4. The highest BCUT2D eigenvalue weighted by molar-refractivity contribution is 7.89. The smallest absolute Gasteiger partial charge is 0.255 e. The molecule has 0 saturated heterocycles. The standard InChI is InChI=1S/C18H22N2O4S/c1-4-20(5-2)25(23,24)15-9-10-17(21)16(12-15)19-18(22)14-8-6-7-13(3)11-14/h6-12,21H,4-5H2,1-3H3,(H,19,22). The predicted octanol–water partition coefficient (Wildman–Crippen LogP) is 2.98. The number of amides is 1. The van der Waals surface area contributed by atoms with Crippen LogP contribution in [0.4, 0.5) is 5.69 Å². The largest absolute Gasteiger partial charge is 0.506 e. The first kappa shape index (κ1) is 19.0. The maximum atomic E-state index is 12.6. The molecule has 0 aliphatic heterocycles. The third kappa shape index (κ3) is 4.18. The van der Waals surface area contributed by atoms with Gasteiger partial charge in [0.1, 0.15) is 5.75 Å². The summed E-state index contributed by atoms with van der Waals surface area (Å²) < 4.78 is 26.5. The molecule has 0 spiro atoms. The molecular formula is C18H22N2O4S. The number of rotatable bonds is 6. The molecule has 0 aliphatic carbocycles. The summed E-state index contributed by atoms with van der Waals surface area (Å²) in [6, 6.07) is 10.8. The lowest BCUT2D eigenvalue weighted by molar-refractivity contribution is 0.102. The number of hydrogen-bond acceptors (Lipinski definition) is 4. The Labute approximate surface area is 148 Å². The van der Waals surface area contributed by atoms with E-state index in [4.69, 9.17) is 0 Å². The normalized spacial score (nSPS) is 11.5. The van der Waals surface area contributed by atoms with Crippen molar-refractivity contribution in [3.05, 3.63) is 53.6 Å². The van der Waals surface area contributed by atoms with Gasteiger partial charge in [-0.1, -0.05) is 31.5 Å². The number of phenolic OH excluding ortho intramolecular Hbond substituents is 1. The fourth-order valence-electron chi connectivity index (χ4n) is 2.47. The maximum Gasteiger partial charge on any atom is 0.255 e. The van der Waals surface area contributed by atoms with Gasteiger partial charge in [0, 0.05) is 18.7 Å². The van der Waals surface area contributed by atoms with E-state index in [0.717, 1.165) is 5.56 Å². The Bertz CT molecular complexity index is 874. The number of sulfonamides is 1. The molecule has 2 rings (SSSR count). The number of carbonyl (C=O) groups is 1. The fraction of sp³-hybridized carbons (Fsp3) is 0.278. The van der Waals surface area contributed by atoms with Gasteiger partial charge < -0.3 is 10.4 Å². The van der Waals surface area contributed by atoms with Gasteiger partial charge in [0.25, 0.3) is 5.91 Å². The minimum absolute atomic E-state index is 0.0218. The van der Waals surface area contributed by atoms with Crippen molar-refractivity contribution in [2.75, 3.05) is 18.4 Å². The predicted molar refractivity (Wildman–Crippen MR) is 97.3 cm³/mol. The van der Waals surface area contributed by atoms with Crippen LogP contribution in [0.3, 0.4) is 0 Å². The molecule has 0 saturated carbocycles. The molecule has 7 heteroatoms. The Hall–Kier alpha value is -2.38. The van der Waals surface area contributed by atoms with Crippen LogP contribution in [0.2, 0.25) is 0 Å². The van der Waals surface area contributed by atoms with Crippen molar-refractivity contribution < 1.29 is 18.3 Å². The minimum atomic E-state index is -3.68. The number of aryl methyl sites for hydroxylation is 1. The van der Waals surface area contributed by atoms with Gasteiger partial charge in [-0.25, -0.2) is 8.42 Å². The molecule has 0 heterocycles. The molecule has 0 atom stereocenters. The molecule has 2 aromatic rings. The molecule has 0 bridgehead atoms. The number of hydrogen-bond donors (Lipinski definition) is 2. The van der Waals surface area contributed by atoms with Gasteiger partial charge in [0.2, 0.25) is 10.0 Å². The zero-order chi connectivity index (χ0) is 18.6. The first-order chi connectivity index (χ1) is 11.8. The Balaban J connectivity index is 2.35. The fourth-order valence-corrected chi connectivity index (χ4v) is 3.95. The van der Waals surface area contributed by atoms with Crippen LogP contribution in [0.5, 0.6) is 5.75 Å². The Morgan fingerprint density at radius 3 is 2.40 bits per heavy atom. The number of aromatic hydroxyl groups is 1. The van der Waals surface area contributed by atoms with E-state index < -0.39 is 15.9 Å². The lowest BCUT2D eigenvalue weighted by Crippen LogP contribution is -2.30. The lowest BCUT2D eigenvalue weighted by Gasteiger charge is -2.19. The van der Waals surface area contributed by atoms with Crippen LogP contribution in [0.15, 0.2) is 47.4 Å². The van der Waals surface area contributed by atoms with Crippen LogP contribution in [-0.4, -0.2) is 36.8 Å². The van der Waals surface area contributed by atoms with E-state index in [2.05, 4.69) is 5.32 Å². The monoisotopic (exact) mass is 362 g/mol. The summed E-state index contributed by atoms with van der Waals surface area (Å²) in [6.07, 6.45) is 0. The van der Waals surface area contributed by atoms with Crippen molar-refractivity contribution in [1.82, 2.24) is 4.31 Å². The minimum Gasteiger partial charge on any atom is -0.506 e. The van der Waals surface area contributed by atoms with Gasteiger partial charge in [-0.05, 0) is 37.3 Å². The van der Waals surface area contributed by atoms with Gasteiger partial charge in [0.15, 0.2) is 0 Å². The van der Waals surface area contributed by atoms with Crippen molar-refractivity contribution in [3.63, 3.8) is 0 Å². The van der Waals surface area contributed by atoms with Gasteiger partial charge in [0.05, 0.1) is 10.6 Å². The summed E-state index contributed by atoms with van der Waals surface area (Å²) in [5.41, 5.74) is 1.41. The molecule has 6 nitrogen and oxygen atoms in total. The lowest BCUT2D eigenvalue weighted by atomic mass is 10.1. The van der Waals surface area contributed by atoms with Gasteiger partial charge >= 0.3 is 0 Å². The molecule has 0 unspecified atom stereocenters.